The van der Waals surface area contributed by atoms with E-state index in [1.165, 1.54) is 0 Å². The Morgan fingerprint density at radius 3 is 1.41 bits per heavy atom. The maximum absolute atomic E-state index is 11.9. The molecule has 1 rings (SSSR count). The maximum atomic E-state index is 11.9. The number of halogens is 4. The third-order valence-electron chi connectivity index (χ3n) is 2.32. The quantitative estimate of drug-likeness (QED) is 0.439. The Labute approximate surface area is 145 Å². The molecule has 0 aliphatic carbocycles. The van der Waals surface area contributed by atoms with Gasteiger partial charge in [-0.3, -0.25) is 0 Å². The molecule has 0 aromatic heterocycles. The van der Waals surface area contributed by atoms with Crippen LogP contribution in [0, 0.1) is 0 Å². The monoisotopic (exact) mass is 390 g/mol. The number of esters is 2. The number of hydrogen-bond acceptors (Lipinski definition) is 6. The SMILES string of the molecule is O=C(OCCO)c1c(Cl)c(Cl)c(Cl)c(C(=O)OCCO)c1Cl. The second kappa shape index (κ2) is 8.76. The first-order chi connectivity index (χ1) is 10.4. The summed E-state index contributed by atoms with van der Waals surface area (Å²) < 4.78 is 9.40. The van der Waals surface area contributed by atoms with Crippen molar-refractivity contribution >= 4 is 58.3 Å². The zero-order chi connectivity index (χ0) is 16.9. The minimum Gasteiger partial charge on any atom is -0.460 e. The lowest BCUT2D eigenvalue weighted by Crippen LogP contribution is -2.15. The topological polar surface area (TPSA) is 93.1 Å². The summed E-state index contributed by atoms with van der Waals surface area (Å²) in [5.74, 6) is -1.97. The number of rotatable bonds is 6. The summed E-state index contributed by atoms with van der Waals surface area (Å²) in [5.41, 5.74) is -0.746. The van der Waals surface area contributed by atoms with Gasteiger partial charge in [-0.05, 0) is 0 Å². The normalized spacial score (nSPS) is 10.5. The third kappa shape index (κ3) is 4.16. The Bertz CT molecular complexity index is 542. The fourth-order valence-electron chi connectivity index (χ4n) is 1.41. The third-order valence-corrected chi connectivity index (χ3v) is 4.03. The average Bonchev–Trinajstić information content (AvgIpc) is 2.48. The van der Waals surface area contributed by atoms with E-state index in [0.717, 1.165) is 0 Å². The summed E-state index contributed by atoms with van der Waals surface area (Å²) in [4.78, 5) is 23.8. The van der Waals surface area contributed by atoms with E-state index in [-0.39, 0.29) is 39.4 Å². The van der Waals surface area contributed by atoms with E-state index in [2.05, 4.69) is 0 Å². The van der Waals surface area contributed by atoms with Crippen molar-refractivity contribution in [2.75, 3.05) is 26.4 Å². The van der Waals surface area contributed by atoms with Crippen molar-refractivity contribution in [2.45, 2.75) is 0 Å². The van der Waals surface area contributed by atoms with Gasteiger partial charge in [0.25, 0.3) is 0 Å². The van der Waals surface area contributed by atoms with Gasteiger partial charge < -0.3 is 19.7 Å². The summed E-state index contributed by atoms with van der Waals surface area (Å²) in [6.07, 6.45) is 0. The van der Waals surface area contributed by atoms with E-state index in [4.69, 9.17) is 66.1 Å². The van der Waals surface area contributed by atoms with Crippen LogP contribution in [0.25, 0.3) is 0 Å². The number of ether oxygens (including phenoxy) is 2. The molecule has 0 saturated heterocycles. The summed E-state index contributed by atoms with van der Waals surface area (Å²) in [5, 5.41) is 16.0. The van der Waals surface area contributed by atoms with Gasteiger partial charge in [-0.1, -0.05) is 46.4 Å². The van der Waals surface area contributed by atoms with Crippen LogP contribution in [0.2, 0.25) is 20.1 Å². The van der Waals surface area contributed by atoms with Crippen LogP contribution in [0.15, 0.2) is 0 Å². The Morgan fingerprint density at radius 1 is 0.727 bits per heavy atom. The first kappa shape index (κ1) is 19.3. The summed E-state index contributed by atoms with van der Waals surface area (Å²) >= 11 is 23.7. The van der Waals surface area contributed by atoms with Crippen LogP contribution >= 0.6 is 46.4 Å². The van der Waals surface area contributed by atoms with E-state index in [0.29, 0.717) is 0 Å². The summed E-state index contributed by atoms with van der Waals surface area (Å²) in [6.45, 7) is -1.41. The molecule has 0 unspecified atom stereocenters. The largest absolute Gasteiger partial charge is 0.460 e. The smallest absolute Gasteiger partial charge is 0.341 e. The predicted octanol–water partition coefficient (Wildman–Crippen LogP) is 2.60. The molecule has 6 nitrogen and oxygen atoms in total. The molecule has 0 saturated carbocycles. The molecule has 0 spiro atoms. The highest BCUT2D eigenvalue weighted by molar-refractivity contribution is 6.53. The van der Waals surface area contributed by atoms with E-state index in [1.807, 2.05) is 0 Å². The molecule has 0 aliphatic rings. The highest BCUT2D eigenvalue weighted by atomic mass is 35.5. The lowest BCUT2D eigenvalue weighted by molar-refractivity contribution is 0.0431. The number of carbonyl (C=O) groups is 2. The molecule has 0 atom stereocenters. The number of aliphatic hydroxyl groups is 2. The zero-order valence-corrected chi connectivity index (χ0v) is 13.9. The van der Waals surface area contributed by atoms with Crippen LogP contribution in [-0.4, -0.2) is 48.6 Å². The molecule has 0 heterocycles. The Kier molecular flexibility index (Phi) is 7.68. The van der Waals surface area contributed by atoms with Crippen molar-refractivity contribution in [3.05, 3.63) is 31.2 Å². The number of hydrogen-bond donors (Lipinski definition) is 2. The van der Waals surface area contributed by atoms with Crippen LogP contribution in [-0.2, 0) is 9.47 Å². The van der Waals surface area contributed by atoms with E-state index in [1.54, 1.807) is 0 Å². The fraction of sp³-hybridized carbons (Fsp3) is 0.333. The van der Waals surface area contributed by atoms with Gasteiger partial charge in [-0.15, -0.1) is 0 Å². The summed E-state index contributed by atoms with van der Waals surface area (Å²) in [7, 11) is 0. The molecule has 1 aromatic rings. The van der Waals surface area contributed by atoms with Crippen LogP contribution < -0.4 is 0 Å². The van der Waals surface area contributed by atoms with E-state index in [9.17, 15) is 9.59 Å². The van der Waals surface area contributed by atoms with Gasteiger partial charge in [-0.2, -0.15) is 0 Å². The highest BCUT2D eigenvalue weighted by Gasteiger charge is 2.29. The molecule has 0 radical (unpaired) electrons. The van der Waals surface area contributed by atoms with Crippen LogP contribution in [0.4, 0.5) is 0 Å². The van der Waals surface area contributed by atoms with Gasteiger partial charge in [0, 0.05) is 0 Å². The van der Waals surface area contributed by atoms with Crippen molar-refractivity contribution in [2.24, 2.45) is 0 Å². The Morgan fingerprint density at radius 2 is 1.09 bits per heavy atom. The van der Waals surface area contributed by atoms with E-state index >= 15 is 0 Å². The first-order valence-electron chi connectivity index (χ1n) is 5.78. The minimum absolute atomic E-state index is 0.278. The molecule has 22 heavy (non-hydrogen) atoms. The molecular weight excluding hydrogens is 382 g/mol. The predicted molar refractivity (Wildman–Crippen MR) is 81.2 cm³/mol. The maximum Gasteiger partial charge on any atom is 0.341 e. The lowest BCUT2D eigenvalue weighted by atomic mass is 10.1. The lowest BCUT2D eigenvalue weighted by Gasteiger charge is -2.14. The average molecular weight is 392 g/mol. The van der Waals surface area contributed by atoms with E-state index < -0.39 is 30.2 Å². The van der Waals surface area contributed by atoms with Gasteiger partial charge >= 0.3 is 11.9 Å². The van der Waals surface area contributed by atoms with Crippen LogP contribution in [0.5, 0.6) is 0 Å². The molecule has 10 heteroatoms. The van der Waals surface area contributed by atoms with Crippen molar-refractivity contribution in [1.82, 2.24) is 0 Å². The Hall–Kier alpha value is -0.760. The Balaban J connectivity index is 3.37. The van der Waals surface area contributed by atoms with Gasteiger partial charge in [0.1, 0.15) is 13.2 Å². The molecule has 0 bridgehead atoms. The molecule has 1 aromatic carbocycles. The van der Waals surface area contributed by atoms with Crippen molar-refractivity contribution in [3.8, 4) is 0 Å². The molecule has 0 amide bonds. The molecular formula is C12H10Cl4O6. The number of carbonyl (C=O) groups excluding carboxylic acids is 2. The summed E-state index contributed by atoms with van der Waals surface area (Å²) in [6, 6.07) is 0. The molecule has 2 N–H and O–H groups in total. The van der Waals surface area contributed by atoms with Gasteiger partial charge in [0.15, 0.2) is 0 Å². The second-order valence-electron chi connectivity index (χ2n) is 3.72. The second-order valence-corrected chi connectivity index (χ2v) is 5.24. The number of benzene rings is 1. The van der Waals surface area contributed by atoms with Crippen molar-refractivity contribution < 1.29 is 29.3 Å². The van der Waals surface area contributed by atoms with Gasteiger partial charge in [0.2, 0.25) is 0 Å². The molecule has 122 valence electrons. The number of aliphatic hydroxyl groups excluding tert-OH is 2. The van der Waals surface area contributed by atoms with Crippen molar-refractivity contribution in [3.63, 3.8) is 0 Å². The van der Waals surface area contributed by atoms with Gasteiger partial charge in [-0.25, -0.2) is 9.59 Å². The first-order valence-corrected chi connectivity index (χ1v) is 7.29. The standard InChI is InChI=1S/C12H10Cl4O6/c13-7-5(11(19)21-3-1-17)8(14)10(16)9(15)6(7)12(20)22-4-2-18/h17-18H,1-4H2. The fourth-order valence-corrected chi connectivity index (χ4v) is 2.62. The zero-order valence-electron chi connectivity index (χ0n) is 10.9. The van der Waals surface area contributed by atoms with Crippen molar-refractivity contribution in [1.29, 1.82) is 0 Å². The molecule has 0 aliphatic heterocycles. The highest BCUT2D eigenvalue weighted by Crippen LogP contribution is 2.41. The minimum atomic E-state index is -0.987. The van der Waals surface area contributed by atoms with Crippen LogP contribution in [0.1, 0.15) is 20.7 Å². The van der Waals surface area contributed by atoms with Crippen LogP contribution in [0.3, 0.4) is 0 Å². The molecule has 0 fully saturated rings. The van der Waals surface area contributed by atoms with Gasteiger partial charge in [0.05, 0.1) is 44.4 Å².